The number of hydrogen-bond acceptors (Lipinski definition) is 5. The van der Waals surface area contributed by atoms with Crippen molar-refractivity contribution in [3.63, 3.8) is 0 Å². The van der Waals surface area contributed by atoms with Gasteiger partial charge in [-0.05, 0) is 35.9 Å². The quantitative estimate of drug-likeness (QED) is 0.709. The number of aromatic hydroxyl groups is 1. The zero-order chi connectivity index (χ0) is 16.4. The highest BCUT2D eigenvalue weighted by molar-refractivity contribution is 7.07. The van der Waals surface area contributed by atoms with Crippen molar-refractivity contribution in [2.75, 3.05) is 0 Å². The van der Waals surface area contributed by atoms with Gasteiger partial charge in [-0.25, -0.2) is 0 Å². The summed E-state index contributed by atoms with van der Waals surface area (Å²) in [5.41, 5.74) is 0.363. The number of thiazole rings is 1. The fraction of sp³-hybridized carbons (Fsp3) is 0. The molecule has 2 heterocycles. The van der Waals surface area contributed by atoms with Crippen LogP contribution in [0.15, 0.2) is 45.8 Å². The van der Waals surface area contributed by atoms with Gasteiger partial charge < -0.3 is 14.5 Å². The van der Waals surface area contributed by atoms with Crippen LogP contribution in [0.1, 0.15) is 16.1 Å². The van der Waals surface area contributed by atoms with Crippen molar-refractivity contribution in [2.45, 2.75) is 0 Å². The second-order valence-electron chi connectivity index (χ2n) is 4.63. The van der Waals surface area contributed by atoms with Gasteiger partial charge in [0.25, 0.3) is 5.56 Å². The number of H-pyrrole nitrogens is 1. The van der Waals surface area contributed by atoms with Crippen LogP contribution in [-0.2, 0) is 0 Å². The third kappa shape index (κ3) is 3.44. The van der Waals surface area contributed by atoms with E-state index in [1.165, 1.54) is 18.4 Å². The molecule has 7 heteroatoms. The molecule has 2 N–H and O–H groups in total. The Morgan fingerprint density at radius 3 is 2.87 bits per heavy atom. The molecule has 0 saturated carbocycles. The Labute approximate surface area is 138 Å². The maximum Gasteiger partial charge on any atom is 0.266 e. The van der Waals surface area contributed by atoms with Crippen LogP contribution < -0.4 is 14.8 Å². The number of rotatable bonds is 3. The number of benzene rings is 1. The SMILES string of the molecule is O=C(C=c1[nH]c(=O)c(=Cc2ccc(O)c(Cl)c2)s1)c1ccco1. The van der Waals surface area contributed by atoms with E-state index in [2.05, 4.69) is 4.98 Å². The van der Waals surface area contributed by atoms with E-state index in [-0.39, 0.29) is 27.9 Å². The average Bonchev–Trinajstić information content (AvgIpc) is 3.14. The van der Waals surface area contributed by atoms with Gasteiger partial charge >= 0.3 is 0 Å². The number of phenols is 1. The van der Waals surface area contributed by atoms with E-state index in [1.807, 2.05) is 0 Å². The lowest BCUT2D eigenvalue weighted by Gasteiger charge is -1.96. The lowest BCUT2D eigenvalue weighted by Crippen LogP contribution is -2.19. The van der Waals surface area contributed by atoms with E-state index in [0.717, 1.165) is 11.3 Å². The van der Waals surface area contributed by atoms with Gasteiger partial charge in [0.05, 0.1) is 20.5 Å². The second-order valence-corrected chi connectivity index (χ2v) is 6.12. The van der Waals surface area contributed by atoms with Gasteiger partial charge in [-0.3, -0.25) is 9.59 Å². The number of ketones is 1. The highest BCUT2D eigenvalue weighted by Gasteiger charge is 2.05. The van der Waals surface area contributed by atoms with Crippen LogP contribution in [-0.4, -0.2) is 15.9 Å². The smallest absolute Gasteiger partial charge is 0.266 e. The number of carbonyl (C=O) groups excluding carboxylic acids is 1. The number of Topliss-reactive ketones (excluding diaryl/α,β-unsaturated/α-hetero) is 1. The first kappa shape index (κ1) is 15.3. The highest BCUT2D eigenvalue weighted by atomic mass is 35.5. The minimum absolute atomic E-state index is 0.0260. The summed E-state index contributed by atoms with van der Waals surface area (Å²) in [5.74, 6) is -0.149. The summed E-state index contributed by atoms with van der Waals surface area (Å²) >= 11 is 6.98. The van der Waals surface area contributed by atoms with Gasteiger partial charge in [-0.2, -0.15) is 0 Å². The predicted octanol–water partition coefficient (Wildman–Crippen LogP) is 1.88. The summed E-state index contributed by atoms with van der Waals surface area (Å²) in [6, 6.07) is 7.80. The Balaban J connectivity index is 2.01. The molecule has 1 aromatic carbocycles. The molecule has 0 atom stereocenters. The summed E-state index contributed by atoms with van der Waals surface area (Å²) in [6.07, 6.45) is 4.35. The minimum atomic E-state index is -0.327. The van der Waals surface area contributed by atoms with Crippen LogP contribution >= 0.6 is 22.9 Å². The Bertz CT molecular complexity index is 1030. The molecule has 0 amide bonds. The van der Waals surface area contributed by atoms with E-state index in [9.17, 15) is 14.7 Å². The fourth-order valence-electron chi connectivity index (χ4n) is 1.90. The van der Waals surface area contributed by atoms with Gasteiger partial charge in [0.15, 0.2) is 5.76 Å². The molecule has 0 aliphatic heterocycles. The number of carbonyl (C=O) groups is 1. The van der Waals surface area contributed by atoms with Crippen molar-refractivity contribution in [1.29, 1.82) is 0 Å². The Kier molecular flexibility index (Phi) is 4.18. The molecule has 0 aliphatic carbocycles. The lowest BCUT2D eigenvalue weighted by molar-refractivity contribution is 0.103. The maximum absolute atomic E-state index is 12.0. The molecule has 0 aliphatic rings. The van der Waals surface area contributed by atoms with Crippen molar-refractivity contribution < 1.29 is 14.3 Å². The lowest BCUT2D eigenvalue weighted by atomic mass is 10.2. The molecule has 3 aromatic rings. The average molecular weight is 348 g/mol. The molecule has 0 spiro atoms. The summed E-state index contributed by atoms with van der Waals surface area (Å²) < 4.78 is 5.86. The van der Waals surface area contributed by atoms with Crippen LogP contribution in [0.4, 0.5) is 0 Å². The summed E-state index contributed by atoms with van der Waals surface area (Å²) in [4.78, 5) is 26.5. The number of nitrogens with one attached hydrogen (secondary N) is 1. The van der Waals surface area contributed by atoms with Crippen LogP contribution in [0.3, 0.4) is 0 Å². The second kappa shape index (κ2) is 6.28. The van der Waals surface area contributed by atoms with Crippen molar-refractivity contribution in [3.05, 3.63) is 72.5 Å². The fourth-order valence-corrected chi connectivity index (χ4v) is 2.97. The predicted molar refractivity (Wildman–Crippen MR) is 88.4 cm³/mol. The third-order valence-electron chi connectivity index (χ3n) is 2.98. The molecule has 0 bridgehead atoms. The standard InChI is InChI=1S/C16H10ClNO4S/c17-10-6-9(3-4-11(10)19)7-14-16(21)18-15(23-14)8-12(20)13-2-1-5-22-13/h1-8,19H,(H,18,21). The molecular weight excluding hydrogens is 338 g/mol. The van der Waals surface area contributed by atoms with Gasteiger partial charge in [-0.1, -0.05) is 17.7 Å². The Morgan fingerprint density at radius 1 is 1.35 bits per heavy atom. The first-order chi connectivity index (χ1) is 11.0. The minimum Gasteiger partial charge on any atom is -0.506 e. The molecule has 23 heavy (non-hydrogen) atoms. The highest BCUT2D eigenvalue weighted by Crippen LogP contribution is 2.23. The molecule has 116 valence electrons. The zero-order valence-electron chi connectivity index (χ0n) is 11.6. The van der Waals surface area contributed by atoms with Gasteiger partial charge in [0.2, 0.25) is 5.78 Å². The van der Waals surface area contributed by atoms with Crippen LogP contribution in [0, 0.1) is 0 Å². The van der Waals surface area contributed by atoms with Crippen LogP contribution in [0.5, 0.6) is 5.75 Å². The molecule has 3 rings (SSSR count). The monoisotopic (exact) mass is 347 g/mol. The third-order valence-corrected chi connectivity index (χ3v) is 4.24. The zero-order valence-corrected chi connectivity index (χ0v) is 13.1. The molecule has 0 unspecified atom stereocenters. The maximum atomic E-state index is 12.0. The first-order valence-corrected chi connectivity index (χ1v) is 7.71. The number of furan rings is 1. The summed E-state index contributed by atoms with van der Waals surface area (Å²) in [7, 11) is 0. The van der Waals surface area contributed by atoms with Gasteiger partial charge in [-0.15, -0.1) is 11.3 Å². The number of phenolic OH excluding ortho intramolecular Hbond substituents is 1. The summed E-state index contributed by atoms with van der Waals surface area (Å²) in [5, 5.41) is 9.60. The number of halogens is 1. The number of aromatic amines is 1. The largest absolute Gasteiger partial charge is 0.506 e. The topological polar surface area (TPSA) is 83.3 Å². The Hall–Kier alpha value is -2.57. The Morgan fingerprint density at radius 2 is 2.17 bits per heavy atom. The first-order valence-electron chi connectivity index (χ1n) is 6.52. The van der Waals surface area contributed by atoms with Crippen molar-refractivity contribution in [1.82, 2.24) is 4.98 Å². The van der Waals surface area contributed by atoms with Crippen molar-refractivity contribution in [2.24, 2.45) is 0 Å². The number of hydrogen-bond donors (Lipinski definition) is 2. The van der Waals surface area contributed by atoms with E-state index in [1.54, 1.807) is 30.3 Å². The van der Waals surface area contributed by atoms with Crippen molar-refractivity contribution in [3.8, 4) is 5.75 Å². The van der Waals surface area contributed by atoms with Gasteiger partial charge in [0.1, 0.15) is 5.75 Å². The molecule has 0 fully saturated rings. The van der Waals surface area contributed by atoms with E-state index < -0.39 is 0 Å². The summed E-state index contributed by atoms with van der Waals surface area (Å²) in [6.45, 7) is 0. The molecular formula is C16H10ClNO4S. The van der Waals surface area contributed by atoms with Crippen LogP contribution in [0.25, 0.3) is 12.2 Å². The molecule has 2 aromatic heterocycles. The van der Waals surface area contributed by atoms with E-state index in [4.69, 9.17) is 16.0 Å². The number of aromatic nitrogens is 1. The molecule has 0 saturated heterocycles. The van der Waals surface area contributed by atoms with E-state index in [0.29, 0.717) is 14.8 Å². The normalized spacial score (nSPS) is 12.7. The van der Waals surface area contributed by atoms with Crippen molar-refractivity contribution >= 4 is 40.9 Å². The van der Waals surface area contributed by atoms with E-state index >= 15 is 0 Å². The molecule has 5 nitrogen and oxygen atoms in total. The van der Waals surface area contributed by atoms with Crippen LogP contribution in [0.2, 0.25) is 5.02 Å². The van der Waals surface area contributed by atoms with Gasteiger partial charge in [0, 0.05) is 6.08 Å². The molecule has 0 radical (unpaired) electrons.